The first-order chi connectivity index (χ1) is 8.27. The zero-order valence-corrected chi connectivity index (χ0v) is 10.7. The molecule has 0 aromatic carbocycles. The van der Waals surface area contributed by atoms with Crippen LogP contribution in [0.15, 0.2) is 0 Å². The van der Waals surface area contributed by atoms with E-state index in [1.54, 1.807) is 0 Å². The first-order valence-corrected chi connectivity index (χ1v) is 6.38. The topological polar surface area (TPSA) is 52.6 Å². The van der Waals surface area contributed by atoms with E-state index in [4.69, 9.17) is 0 Å². The van der Waals surface area contributed by atoms with Crippen LogP contribution in [0, 0.1) is 5.92 Å². The zero-order valence-electron chi connectivity index (χ0n) is 9.84. The normalized spacial score (nSPS) is 13.9. The van der Waals surface area contributed by atoms with Crippen LogP contribution in [-0.2, 0) is 18.4 Å². The van der Waals surface area contributed by atoms with Crippen molar-refractivity contribution in [2.24, 2.45) is 5.92 Å². The van der Waals surface area contributed by atoms with Gasteiger partial charge in [-0.15, -0.1) is 0 Å². The second kappa shape index (κ2) is 6.23. The van der Waals surface area contributed by atoms with Crippen molar-refractivity contribution >= 4 is 13.1 Å². The Bertz CT molecular complexity index is 339. The molecule has 0 aliphatic heterocycles. The average Bonchev–Trinajstić information content (AvgIpc) is 2.20. The lowest BCUT2D eigenvalue weighted by Gasteiger charge is -2.20. The van der Waals surface area contributed by atoms with Crippen LogP contribution in [0.4, 0.5) is 26.3 Å². The molecule has 0 fully saturated rings. The molecule has 0 aliphatic rings. The fourth-order valence-corrected chi connectivity index (χ4v) is 2.39. The Labute approximate surface area is 104 Å². The van der Waals surface area contributed by atoms with Gasteiger partial charge in [-0.3, -0.25) is 18.4 Å². The monoisotopic (exact) mass is 316 g/mol. The third kappa shape index (κ3) is 7.54. The molecular formula is C8H11F6O4P. The van der Waals surface area contributed by atoms with E-state index in [1.165, 1.54) is 0 Å². The number of alkyl halides is 6. The van der Waals surface area contributed by atoms with Crippen molar-refractivity contribution in [1.82, 2.24) is 0 Å². The van der Waals surface area contributed by atoms with Crippen molar-refractivity contribution in [2.75, 3.05) is 13.2 Å². The molecule has 4 nitrogen and oxygen atoms in total. The molecule has 0 radical (unpaired) electrons. The molecule has 0 aliphatic carbocycles. The highest BCUT2D eigenvalue weighted by atomic mass is 31.2. The van der Waals surface area contributed by atoms with Gasteiger partial charge in [0.25, 0.3) is 0 Å². The second-order valence-electron chi connectivity index (χ2n) is 3.77. The molecule has 0 atom stereocenters. The van der Waals surface area contributed by atoms with E-state index in [-0.39, 0.29) is 0 Å². The minimum atomic E-state index is -5.14. The van der Waals surface area contributed by atoms with Crippen molar-refractivity contribution in [3.63, 3.8) is 0 Å². The van der Waals surface area contributed by atoms with Gasteiger partial charge in [0.15, 0.2) is 13.2 Å². The lowest BCUT2D eigenvalue weighted by atomic mass is 10.3. The summed E-state index contributed by atoms with van der Waals surface area (Å²) in [4.78, 5) is 11.4. The molecule has 0 rings (SSSR count). The minimum Gasteiger partial charge on any atom is -0.294 e. The summed E-state index contributed by atoms with van der Waals surface area (Å²) in [6.45, 7) is -1.99. The van der Waals surface area contributed by atoms with Gasteiger partial charge < -0.3 is 0 Å². The van der Waals surface area contributed by atoms with Crippen molar-refractivity contribution in [3.05, 3.63) is 0 Å². The number of hydrogen-bond acceptors (Lipinski definition) is 4. The van der Waals surface area contributed by atoms with Crippen molar-refractivity contribution in [1.29, 1.82) is 0 Å². The third-order valence-corrected chi connectivity index (χ3v) is 3.55. The van der Waals surface area contributed by atoms with Crippen molar-refractivity contribution in [3.8, 4) is 0 Å². The van der Waals surface area contributed by atoms with Gasteiger partial charge in [-0.25, -0.2) is 0 Å². The van der Waals surface area contributed by atoms with Crippen LogP contribution >= 0.6 is 7.60 Å². The maximum Gasteiger partial charge on any atom is 0.412 e. The van der Waals surface area contributed by atoms with E-state index in [1.807, 2.05) is 0 Å². The summed E-state index contributed by atoms with van der Waals surface area (Å²) in [5.74, 6) is -1.10. The summed E-state index contributed by atoms with van der Waals surface area (Å²) in [6, 6.07) is 0. The van der Waals surface area contributed by atoms with Crippen molar-refractivity contribution in [2.45, 2.75) is 26.2 Å². The first kappa shape index (κ1) is 18.4. The van der Waals surface area contributed by atoms with Crippen LogP contribution in [-0.4, -0.2) is 31.1 Å². The van der Waals surface area contributed by atoms with Gasteiger partial charge in [0.05, 0.1) is 0 Å². The summed E-state index contributed by atoms with van der Waals surface area (Å²) >= 11 is 0. The molecule has 0 heterocycles. The van der Waals surface area contributed by atoms with Gasteiger partial charge in [0.2, 0.25) is 5.52 Å². The average molecular weight is 316 g/mol. The number of carbonyl (C=O) groups is 1. The van der Waals surface area contributed by atoms with Crippen LogP contribution < -0.4 is 0 Å². The zero-order chi connectivity index (χ0) is 15.5. The fourth-order valence-electron chi connectivity index (χ4n) is 0.797. The van der Waals surface area contributed by atoms with Gasteiger partial charge in [-0.2, -0.15) is 26.3 Å². The summed E-state index contributed by atoms with van der Waals surface area (Å²) in [6.07, 6.45) is -9.90. The SMILES string of the molecule is CC(C)C(=O)P(=O)(OCC(F)(F)F)OCC(F)(F)F. The summed E-state index contributed by atoms with van der Waals surface area (Å²) in [5, 5.41) is 0. The predicted octanol–water partition coefficient (Wildman–Crippen LogP) is 3.52. The molecule has 0 aromatic rings. The van der Waals surface area contributed by atoms with Gasteiger partial charge >= 0.3 is 19.9 Å². The van der Waals surface area contributed by atoms with E-state index < -0.39 is 44.6 Å². The van der Waals surface area contributed by atoms with Gasteiger partial charge in [-0.05, 0) is 0 Å². The molecule has 114 valence electrons. The number of carbonyl (C=O) groups excluding carboxylic acids is 1. The number of rotatable bonds is 6. The molecule has 0 saturated carbocycles. The number of hydrogen-bond donors (Lipinski definition) is 0. The van der Waals surface area contributed by atoms with E-state index >= 15 is 0 Å². The van der Waals surface area contributed by atoms with E-state index in [9.17, 15) is 35.7 Å². The first-order valence-electron chi connectivity index (χ1n) is 4.84. The molecule has 0 saturated heterocycles. The predicted molar refractivity (Wildman–Crippen MR) is 51.5 cm³/mol. The highest BCUT2D eigenvalue weighted by molar-refractivity contribution is 7.71. The Kier molecular flexibility index (Phi) is 6.04. The van der Waals surface area contributed by atoms with Gasteiger partial charge in [-0.1, -0.05) is 13.8 Å². The van der Waals surface area contributed by atoms with Gasteiger partial charge in [0.1, 0.15) is 0 Å². The van der Waals surface area contributed by atoms with Crippen LogP contribution in [0.1, 0.15) is 13.8 Å². The molecule has 0 spiro atoms. The third-order valence-electron chi connectivity index (χ3n) is 1.56. The molecule has 0 aromatic heterocycles. The summed E-state index contributed by atoms with van der Waals surface area (Å²) < 4.78 is 90.5. The highest BCUT2D eigenvalue weighted by Crippen LogP contribution is 2.52. The largest absolute Gasteiger partial charge is 0.412 e. The Balaban J connectivity index is 4.93. The summed E-state index contributed by atoms with van der Waals surface area (Å²) in [7, 11) is -5.14. The maximum absolute atomic E-state index is 11.9. The number of halogens is 6. The Morgan fingerprint density at radius 1 is 1.00 bits per heavy atom. The highest BCUT2D eigenvalue weighted by Gasteiger charge is 2.43. The quantitative estimate of drug-likeness (QED) is 0.556. The van der Waals surface area contributed by atoms with Gasteiger partial charge in [0, 0.05) is 5.92 Å². The van der Waals surface area contributed by atoms with Crippen LogP contribution in [0.5, 0.6) is 0 Å². The smallest absolute Gasteiger partial charge is 0.294 e. The lowest BCUT2D eigenvalue weighted by Crippen LogP contribution is -2.23. The van der Waals surface area contributed by atoms with E-state index in [0.29, 0.717) is 0 Å². The molecular weight excluding hydrogens is 305 g/mol. The molecule has 11 heteroatoms. The maximum atomic E-state index is 11.9. The molecule has 0 bridgehead atoms. The lowest BCUT2D eigenvalue weighted by molar-refractivity contribution is -0.166. The molecule has 19 heavy (non-hydrogen) atoms. The van der Waals surface area contributed by atoms with E-state index in [0.717, 1.165) is 13.8 Å². The minimum absolute atomic E-state index is 1.10. The fraction of sp³-hybridized carbons (Fsp3) is 0.875. The van der Waals surface area contributed by atoms with Crippen LogP contribution in [0.25, 0.3) is 0 Å². The molecule has 0 amide bonds. The molecule has 0 unspecified atom stereocenters. The Hall–Kier alpha value is -0.600. The Morgan fingerprint density at radius 3 is 1.53 bits per heavy atom. The summed E-state index contributed by atoms with van der Waals surface area (Å²) in [5.41, 5.74) is -1.44. The Morgan fingerprint density at radius 2 is 1.32 bits per heavy atom. The van der Waals surface area contributed by atoms with E-state index in [2.05, 4.69) is 9.05 Å². The standard InChI is InChI=1S/C8H11F6O4P/c1-5(2)6(15)19(16,17-3-7(9,10)11)18-4-8(12,13)14/h5H,3-4H2,1-2H3. The van der Waals surface area contributed by atoms with Crippen LogP contribution in [0.2, 0.25) is 0 Å². The second-order valence-corrected chi connectivity index (χ2v) is 5.72. The van der Waals surface area contributed by atoms with Crippen LogP contribution in [0.3, 0.4) is 0 Å². The van der Waals surface area contributed by atoms with Crippen molar-refractivity contribution < 1.29 is 44.7 Å². The molecule has 0 N–H and O–H groups in total.